The number of likely N-dealkylation sites (tertiary alicyclic amines) is 1. The Balaban J connectivity index is 1.29. The summed E-state index contributed by atoms with van der Waals surface area (Å²) in [6, 6.07) is 9.66. The van der Waals surface area contributed by atoms with Gasteiger partial charge in [-0.25, -0.2) is 22.5 Å². The zero-order valence-electron chi connectivity index (χ0n) is 20.8. The van der Waals surface area contributed by atoms with Gasteiger partial charge in [-0.05, 0) is 29.8 Å². The fourth-order valence-electron chi connectivity index (χ4n) is 5.15. The largest absolute Gasteiger partial charge is 0.336 e. The van der Waals surface area contributed by atoms with E-state index in [9.17, 15) is 13.2 Å². The first kappa shape index (κ1) is 24.3. The van der Waals surface area contributed by atoms with Gasteiger partial charge in [-0.3, -0.25) is 25.0 Å². The van der Waals surface area contributed by atoms with Crippen molar-refractivity contribution in [2.24, 2.45) is 0 Å². The van der Waals surface area contributed by atoms with Crippen molar-refractivity contribution in [2.75, 3.05) is 13.1 Å². The van der Waals surface area contributed by atoms with Crippen molar-refractivity contribution in [2.45, 2.75) is 18.9 Å². The maximum absolute atomic E-state index is 16.1. The van der Waals surface area contributed by atoms with Crippen molar-refractivity contribution in [3.63, 3.8) is 0 Å². The van der Waals surface area contributed by atoms with Gasteiger partial charge in [0, 0.05) is 49.2 Å². The molecule has 0 unspecified atom stereocenters. The summed E-state index contributed by atoms with van der Waals surface area (Å²) in [5, 5.41) is 7.24. The highest BCUT2D eigenvalue weighted by atomic mass is 19.3. The quantitative estimate of drug-likeness (QED) is 0.269. The Morgan fingerprint density at radius 3 is 2.65 bits per heavy atom. The van der Waals surface area contributed by atoms with Crippen LogP contribution in [0.5, 0.6) is 0 Å². The predicted octanol–water partition coefficient (Wildman–Crippen LogP) is 5.74. The summed E-state index contributed by atoms with van der Waals surface area (Å²) < 4.78 is 57.9. The van der Waals surface area contributed by atoms with Gasteiger partial charge < -0.3 is 4.98 Å². The number of hydrogen-bond acceptors (Lipinski definition) is 6. The average molecular weight is 545 g/mol. The summed E-state index contributed by atoms with van der Waals surface area (Å²) in [7, 11) is 0. The fraction of sp³-hybridized carbons (Fsp3) is 0.179. The number of benzene rings is 1. The van der Waals surface area contributed by atoms with Gasteiger partial charge in [-0.2, -0.15) is 5.10 Å². The van der Waals surface area contributed by atoms with E-state index in [-0.39, 0.29) is 48.7 Å². The Kier molecular flexibility index (Phi) is 5.59. The number of fused-ring (bicyclic) bond motifs is 2. The van der Waals surface area contributed by atoms with Crippen molar-refractivity contribution in [3.8, 4) is 34.0 Å². The van der Waals surface area contributed by atoms with Crippen molar-refractivity contribution in [1.82, 2.24) is 40.0 Å². The van der Waals surface area contributed by atoms with Crippen LogP contribution < -0.4 is 0 Å². The van der Waals surface area contributed by atoms with Gasteiger partial charge >= 0.3 is 0 Å². The summed E-state index contributed by atoms with van der Waals surface area (Å²) in [6.45, 7) is 0.230. The first-order chi connectivity index (χ1) is 19.4. The number of imidazole rings is 1. The molecule has 0 bridgehead atoms. The van der Waals surface area contributed by atoms with Crippen LogP contribution in [0.15, 0.2) is 61.2 Å². The molecule has 6 heterocycles. The third-order valence-electron chi connectivity index (χ3n) is 7.02. The van der Waals surface area contributed by atoms with Crippen molar-refractivity contribution in [3.05, 3.63) is 78.4 Å². The first-order valence-corrected chi connectivity index (χ1v) is 12.5. The second kappa shape index (κ2) is 9.19. The van der Waals surface area contributed by atoms with Crippen molar-refractivity contribution in [1.29, 1.82) is 0 Å². The SMILES string of the molecule is Fc1ccccc1-c1nccc2[nH]c(-c3n[nH]c4cnc(-c5cncc(CN6CCC(F)(F)C6)c5)c(F)c34)nc12. The lowest BCUT2D eigenvalue weighted by molar-refractivity contribution is 0.0115. The van der Waals surface area contributed by atoms with E-state index >= 15 is 4.39 Å². The van der Waals surface area contributed by atoms with E-state index in [2.05, 4.69) is 35.1 Å². The number of H-pyrrole nitrogens is 2. The van der Waals surface area contributed by atoms with Crippen LogP contribution >= 0.6 is 0 Å². The minimum Gasteiger partial charge on any atom is -0.336 e. The molecule has 12 heteroatoms. The van der Waals surface area contributed by atoms with Gasteiger partial charge in [-0.15, -0.1) is 0 Å². The average Bonchev–Trinajstić information content (AvgIpc) is 3.65. The van der Waals surface area contributed by atoms with Gasteiger partial charge in [0.2, 0.25) is 0 Å². The topological polar surface area (TPSA) is 99.3 Å². The molecule has 5 aromatic heterocycles. The summed E-state index contributed by atoms with van der Waals surface area (Å²) >= 11 is 0. The number of alkyl halides is 2. The molecule has 1 fully saturated rings. The molecule has 1 aromatic carbocycles. The lowest BCUT2D eigenvalue weighted by Crippen LogP contribution is -2.24. The van der Waals surface area contributed by atoms with Crippen LogP contribution in [0, 0.1) is 11.6 Å². The molecule has 0 spiro atoms. The Bertz CT molecular complexity index is 1900. The smallest absolute Gasteiger partial charge is 0.261 e. The molecule has 0 amide bonds. The highest BCUT2D eigenvalue weighted by Gasteiger charge is 2.38. The Labute approximate surface area is 224 Å². The van der Waals surface area contributed by atoms with Crippen molar-refractivity contribution >= 4 is 21.9 Å². The molecule has 0 radical (unpaired) electrons. The lowest BCUT2D eigenvalue weighted by Gasteiger charge is -2.15. The number of nitrogens with zero attached hydrogens (tertiary/aromatic N) is 6. The number of pyridine rings is 3. The van der Waals surface area contributed by atoms with E-state index in [1.807, 2.05) is 0 Å². The van der Waals surface area contributed by atoms with E-state index in [1.54, 1.807) is 47.6 Å². The van der Waals surface area contributed by atoms with Crippen LogP contribution in [0.1, 0.15) is 12.0 Å². The Morgan fingerprint density at radius 1 is 0.950 bits per heavy atom. The second-order valence-electron chi connectivity index (χ2n) is 9.80. The van der Waals surface area contributed by atoms with Gasteiger partial charge in [0.1, 0.15) is 28.4 Å². The van der Waals surface area contributed by atoms with Crippen LogP contribution in [-0.4, -0.2) is 59.0 Å². The zero-order chi connectivity index (χ0) is 27.4. The standard InChI is InChI=1S/C28H20F4N8/c29-18-4-2-1-3-17(18)24-25-19(5-7-34-24)36-27(37-25)26-21-20(38-39-26)12-35-23(22(21)30)16-9-15(10-33-11-16)13-40-8-6-28(31,32)14-40/h1-5,7,9-12H,6,8,13-14H2,(H,36,37)(H,38,39). The van der Waals surface area contributed by atoms with Crippen molar-refractivity contribution < 1.29 is 17.6 Å². The molecule has 2 N–H and O–H groups in total. The highest BCUT2D eigenvalue weighted by Crippen LogP contribution is 2.35. The highest BCUT2D eigenvalue weighted by molar-refractivity contribution is 5.97. The molecule has 1 aliphatic heterocycles. The van der Waals surface area contributed by atoms with E-state index < -0.39 is 17.6 Å². The van der Waals surface area contributed by atoms with E-state index in [0.29, 0.717) is 38.9 Å². The maximum Gasteiger partial charge on any atom is 0.261 e. The number of rotatable bonds is 5. The van der Waals surface area contributed by atoms with Gasteiger partial charge in [0.15, 0.2) is 11.6 Å². The molecular formula is C28H20F4N8. The Morgan fingerprint density at radius 2 is 1.82 bits per heavy atom. The Hall–Kier alpha value is -4.71. The summed E-state index contributed by atoms with van der Waals surface area (Å²) in [5.41, 5.74) is 3.33. The predicted molar refractivity (Wildman–Crippen MR) is 140 cm³/mol. The molecule has 6 aromatic rings. The zero-order valence-corrected chi connectivity index (χ0v) is 20.8. The molecule has 0 aliphatic carbocycles. The third-order valence-corrected chi connectivity index (χ3v) is 7.02. The molecule has 200 valence electrons. The van der Waals surface area contributed by atoms with Crippen LogP contribution in [-0.2, 0) is 6.54 Å². The first-order valence-electron chi connectivity index (χ1n) is 12.5. The third kappa shape index (κ3) is 4.16. The fourth-order valence-corrected chi connectivity index (χ4v) is 5.15. The number of aromatic nitrogens is 7. The normalized spacial score (nSPS) is 15.4. The second-order valence-corrected chi connectivity index (χ2v) is 9.80. The van der Waals surface area contributed by atoms with Crippen LogP contribution in [0.4, 0.5) is 17.6 Å². The lowest BCUT2D eigenvalue weighted by atomic mass is 10.1. The summed E-state index contributed by atoms with van der Waals surface area (Å²) in [5.74, 6) is -3.51. The van der Waals surface area contributed by atoms with E-state index in [4.69, 9.17) is 0 Å². The van der Waals surface area contributed by atoms with Crippen LogP contribution in [0.25, 0.3) is 56.0 Å². The molecule has 40 heavy (non-hydrogen) atoms. The minimum absolute atomic E-state index is 0.0427. The number of hydrogen-bond donors (Lipinski definition) is 2. The molecule has 1 saturated heterocycles. The van der Waals surface area contributed by atoms with E-state index in [1.165, 1.54) is 18.5 Å². The number of nitrogens with one attached hydrogen (secondary N) is 2. The molecule has 8 nitrogen and oxygen atoms in total. The number of halogens is 4. The number of aromatic amines is 2. The molecular weight excluding hydrogens is 524 g/mol. The molecule has 1 aliphatic rings. The maximum atomic E-state index is 16.1. The minimum atomic E-state index is -2.70. The van der Waals surface area contributed by atoms with Gasteiger partial charge in [0.25, 0.3) is 5.92 Å². The van der Waals surface area contributed by atoms with Gasteiger partial charge in [0.05, 0.1) is 29.2 Å². The molecule has 0 saturated carbocycles. The molecule has 0 atom stereocenters. The van der Waals surface area contributed by atoms with Crippen LogP contribution in [0.2, 0.25) is 0 Å². The monoisotopic (exact) mass is 544 g/mol. The summed E-state index contributed by atoms with van der Waals surface area (Å²) in [6.07, 6.45) is 5.88. The van der Waals surface area contributed by atoms with Gasteiger partial charge in [-0.1, -0.05) is 12.1 Å². The van der Waals surface area contributed by atoms with Crippen LogP contribution in [0.3, 0.4) is 0 Å². The summed E-state index contributed by atoms with van der Waals surface area (Å²) in [4.78, 5) is 22.2. The molecule has 7 rings (SSSR count). The van der Waals surface area contributed by atoms with E-state index in [0.717, 1.165) is 0 Å².